The first-order valence-corrected chi connectivity index (χ1v) is 6.98. The summed E-state index contributed by atoms with van der Waals surface area (Å²) < 4.78 is 46.8. The Morgan fingerprint density at radius 2 is 1.75 bits per heavy atom. The first-order chi connectivity index (χ1) is 11.4. The van der Waals surface area contributed by atoms with Crippen LogP contribution in [0, 0.1) is 0 Å². The van der Waals surface area contributed by atoms with Crippen LogP contribution in [-0.4, -0.2) is 18.9 Å². The van der Waals surface area contributed by atoms with Crippen LogP contribution in [-0.2, 0) is 0 Å². The maximum atomic E-state index is 12.2. The number of hydrogen-bond donors (Lipinski definition) is 1. The number of carbonyl (C=O) groups is 1. The monoisotopic (exact) mass is 335 g/mol. The normalized spacial score (nSPS) is 13.3. The first-order valence-electron chi connectivity index (χ1n) is 6.98. The van der Waals surface area contributed by atoms with E-state index >= 15 is 0 Å². The third-order valence-electron chi connectivity index (χ3n) is 3.27. The summed E-state index contributed by atoms with van der Waals surface area (Å²) in [7, 11) is 0. The number of amides is 1. The van der Waals surface area contributed by atoms with Gasteiger partial charge in [-0.15, -0.1) is 0 Å². The number of rotatable bonds is 3. The number of hydrogen-bond acceptors (Lipinski definition) is 3. The number of ether oxygens (including phenoxy) is 2. The summed E-state index contributed by atoms with van der Waals surface area (Å²) >= 11 is 0. The van der Waals surface area contributed by atoms with Gasteiger partial charge in [-0.3, -0.25) is 4.79 Å². The molecule has 0 radical (unpaired) electrons. The van der Waals surface area contributed by atoms with E-state index in [0.29, 0.717) is 28.3 Å². The van der Waals surface area contributed by atoms with Gasteiger partial charge >= 0.3 is 6.18 Å². The van der Waals surface area contributed by atoms with E-state index in [0.717, 1.165) is 6.08 Å². The zero-order valence-corrected chi connectivity index (χ0v) is 12.3. The molecule has 1 amide bonds. The molecular formula is C17H12F3NO3. The van der Waals surface area contributed by atoms with Crippen LogP contribution < -0.4 is 14.8 Å². The van der Waals surface area contributed by atoms with Crippen LogP contribution in [0.3, 0.4) is 0 Å². The fourth-order valence-electron chi connectivity index (χ4n) is 2.11. The number of nitrogens with one attached hydrogen (secondary N) is 1. The SMILES string of the molecule is O=C(Nc1ccc2c(c1)OCO2)c1ccc(/C=C/C(F)(F)F)cc1. The van der Waals surface area contributed by atoms with Crippen molar-refractivity contribution in [1.82, 2.24) is 0 Å². The van der Waals surface area contributed by atoms with E-state index in [1.54, 1.807) is 18.2 Å². The molecule has 124 valence electrons. The smallest absolute Gasteiger partial charge is 0.409 e. The van der Waals surface area contributed by atoms with E-state index in [1.807, 2.05) is 0 Å². The predicted octanol–water partition coefficient (Wildman–Crippen LogP) is 4.24. The van der Waals surface area contributed by atoms with Crippen LogP contribution in [0.2, 0.25) is 0 Å². The van der Waals surface area contributed by atoms with Crippen LogP contribution in [0.1, 0.15) is 15.9 Å². The molecular weight excluding hydrogens is 323 g/mol. The van der Waals surface area contributed by atoms with Crippen LogP contribution in [0.4, 0.5) is 18.9 Å². The second kappa shape index (κ2) is 6.27. The zero-order valence-electron chi connectivity index (χ0n) is 12.3. The minimum absolute atomic E-state index is 0.139. The molecule has 0 spiro atoms. The zero-order chi connectivity index (χ0) is 17.2. The summed E-state index contributed by atoms with van der Waals surface area (Å²) in [6.07, 6.45) is -3.27. The van der Waals surface area contributed by atoms with Gasteiger partial charge in [-0.1, -0.05) is 18.2 Å². The van der Waals surface area contributed by atoms with Crippen molar-refractivity contribution in [2.45, 2.75) is 6.18 Å². The Balaban J connectivity index is 1.68. The van der Waals surface area contributed by atoms with E-state index < -0.39 is 6.18 Å². The molecule has 0 unspecified atom stereocenters. The van der Waals surface area contributed by atoms with Gasteiger partial charge < -0.3 is 14.8 Å². The Morgan fingerprint density at radius 1 is 1.04 bits per heavy atom. The third-order valence-corrected chi connectivity index (χ3v) is 3.27. The highest BCUT2D eigenvalue weighted by atomic mass is 19.4. The van der Waals surface area contributed by atoms with Gasteiger partial charge in [0.25, 0.3) is 5.91 Å². The highest BCUT2D eigenvalue weighted by Gasteiger charge is 2.21. The molecule has 0 aromatic heterocycles. The van der Waals surface area contributed by atoms with E-state index in [4.69, 9.17) is 9.47 Å². The highest BCUT2D eigenvalue weighted by Crippen LogP contribution is 2.34. The molecule has 0 fully saturated rings. The summed E-state index contributed by atoms with van der Waals surface area (Å²) in [4.78, 5) is 12.2. The minimum Gasteiger partial charge on any atom is -0.454 e. The number of halogens is 3. The van der Waals surface area contributed by atoms with Gasteiger partial charge in [0.2, 0.25) is 6.79 Å². The lowest BCUT2D eigenvalue weighted by Crippen LogP contribution is -2.11. The quantitative estimate of drug-likeness (QED) is 0.912. The predicted molar refractivity (Wildman–Crippen MR) is 82.0 cm³/mol. The number of carbonyl (C=O) groups excluding carboxylic acids is 1. The van der Waals surface area contributed by atoms with Gasteiger partial charge in [-0.25, -0.2) is 0 Å². The lowest BCUT2D eigenvalue weighted by Gasteiger charge is -2.06. The number of allylic oxidation sites excluding steroid dienone is 1. The molecule has 3 rings (SSSR count). The van der Waals surface area contributed by atoms with E-state index in [-0.39, 0.29) is 18.8 Å². The number of fused-ring (bicyclic) bond motifs is 1. The molecule has 1 N–H and O–H groups in total. The molecule has 24 heavy (non-hydrogen) atoms. The molecule has 1 aliphatic heterocycles. The van der Waals surface area contributed by atoms with Gasteiger partial charge in [0.15, 0.2) is 11.5 Å². The Hall–Kier alpha value is -2.96. The maximum absolute atomic E-state index is 12.2. The van der Waals surface area contributed by atoms with Crippen molar-refractivity contribution < 1.29 is 27.4 Å². The van der Waals surface area contributed by atoms with Crippen molar-refractivity contribution in [2.75, 3.05) is 12.1 Å². The standard InChI is InChI=1S/C17H12F3NO3/c18-17(19,20)8-7-11-1-3-12(4-2-11)16(22)21-13-5-6-14-15(9-13)24-10-23-14/h1-9H,10H2,(H,21,22)/b8-7+. The Morgan fingerprint density at radius 3 is 2.46 bits per heavy atom. The molecule has 0 saturated carbocycles. The van der Waals surface area contributed by atoms with Crippen molar-refractivity contribution >= 4 is 17.7 Å². The van der Waals surface area contributed by atoms with Crippen LogP contribution in [0.15, 0.2) is 48.5 Å². The molecule has 4 nitrogen and oxygen atoms in total. The summed E-state index contributed by atoms with van der Waals surface area (Å²) in [5, 5.41) is 2.69. The van der Waals surface area contributed by atoms with Gasteiger partial charge in [0.05, 0.1) is 0 Å². The molecule has 0 saturated heterocycles. The molecule has 7 heteroatoms. The van der Waals surface area contributed by atoms with Crippen molar-refractivity contribution in [2.24, 2.45) is 0 Å². The minimum atomic E-state index is -4.37. The molecule has 2 aromatic carbocycles. The second-order valence-electron chi connectivity index (χ2n) is 5.02. The third kappa shape index (κ3) is 3.87. The van der Waals surface area contributed by atoms with Crippen molar-refractivity contribution in [3.8, 4) is 11.5 Å². The number of benzene rings is 2. The Bertz CT molecular complexity index is 783. The number of alkyl halides is 3. The lowest BCUT2D eigenvalue weighted by molar-refractivity contribution is -0.0790. The summed E-state index contributed by atoms with van der Waals surface area (Å²) in [5.41, 5.74) is 1.22. The average molecular weight is 335 g/mol. The van der Waals surface area contributed by atoms with Crippen molar-refractivity contribution in [3.05, 3.63) is 59.7 Å². The van der Waals surface area contributed by atoms with Crippen molar-refractivity contribution in [1.29, 1.82) is 0 Å². The average Bonchev–Trinajstić information content (AvgIpc) is 3.00. The molecule has 1 heterocycles. The van der Waals surface area contributed by atoms with Gasteiger partial charge in [0.1, 0.15) is 0 Å². The van der Waals surface area contributed by atoms with Crippen LogP contribution >= 0.6 is 0 Å². The van der Waals surface area contributed by atoms with Crippen LogP contribution in [0.5, 0.6) is 11.5 Å². The number of anilines is 1. The largest absolute Gasteiger partial charge is 0.454 e. The second-order valence-corrected chi connectivity index (χ2v) is 5.02. The summed E-state index contributed by atoms with van der Waals surface area (Å²) in [5.74, 6) is 0.773. The molecule has 2 aromatic rings. The van der Waals surface area contributed by atoms with E-state index in [9.17, 15) is 18.0 Å². The van der Waals surface area contributed by atoms with Gasteiger partial charge in [-0.2, -0.15) is 13.2 Å². The fourth-order valence-corrected chi connectivity index (χ4v) is 2.11. The first kappa shape index (κ1) is 15.9. The highest BCUT2D eigenvalue weighted by molar-refractivity contribution is 6.04. The summed E-state index contributed by atoms with van der Waals surface area (Å²) in [6, 6.07) is 10.8. The van der Waals surface area contributed by atoms with Crippen molar-refractivity contribution in [3.63, 3.8) is 0 Å². The maximum Gasteiger partial charge on any atom is 0.409 e. The fraction of sp³-hybridized carbons (Fsp3) is 0.118. The Kier molecular flexibility index (Phi) is 4.16. The molecule has 0 atom stereocenters. The molecule has 0 aliphatic carbocycles. The lowest BCUT2D eigenvalue weighted by atomic mass is 10.1. The summed E-state index contributed by atoms with van der Waals surface area (Å²) in [6.45, 7) is 0.139. The molecule has 0 bridgehead atoms. The van der Waals surface area contributed by atoms with E-state index in [1.165, 1.54) is 24.3 Å². The van der Waals surface area contributed by atoms with Gasteiger partial charge in [0, 0.05) is 23.4 Å². The van der Waals surface area contributed by atoms with E-state index in [2.05, 4.69) is 5.32 Å². The van der Waals surface area contributed by atoms with Gasteiger partial charge in [-0.05, 0) is 29.8 Å². The van der Waals surface area contributed by atoms with Crippen LogP contribution in [0.25, 0.3) is 6.08 Å². The molecule has 1 aliphatic rings. The Labute approximate surface area is 135 Å². The topological polar surface area (TPSA) is 47.6 Å².